The second-order valence-corrected chi connectivity index (χ2v) is 7.95. The minimum absolute atomic E-state index is 0.565. The van der Waals surface area contributed by atoms with Gasteiger partial charge in [0.25, 0.3) is 0 Å². The lowest BCUT2D eigenvalue weighted by molar-refractivity contribution is -0.00551. The molecule has 0 aromatic heterocycles. The largest absolute Gasteiger partial charge is 0.0561 e. The third-order valence-corrected chi connectivity index (χ3v) is 6.42. The van der Waals surface area contributed by atoms with Gasteiger partial charge in [-0.05, 0) is 99.2 Å². The molecule has 0 saturated heterocycles. The van der Waals surface area contributed by atoms with Crippen molar-refractivity contribution in [1.82, 2.24) is 0 Å². The SMILES string of the molecule is Cc1cc(C)c(C)c(C23CC4CC(CC(C4)C2)C3)c1. The zero-order chi connectivity index (χ0) is 13.2. The molecule has 102 valence electrons. The van der Waals surface area contributed by atoms with Crippen molar-refractivity contribution in [3.05, 3.63) is 34.4 Å². The van der Waals surface area contributed by atoms with Gasteiger partial charge in [0.15, 0.2) is 0 Å². The lowest BCUT2D eigenvalue weighted by Crippen LogP contribution is -2.48. The van der Waals surface area contributed by atoms with E-state index in [2.05, 4.69) is 32.9 Å². The predicted molar refractivity (Wildman–Crippen MR) is 80.5 cm³/mol. The molecule has 0 radical (unpaired) electrons. The average molecular weight is 254 g/mol. The number of rotatable bonds is 1. The maximum atomic E-state index is 2.52. The first-order valence-electron chi connectivity index (χ1n) is 8.14. The topological polar surface area (TPSA) is 0 Å². The molecule has 4 fully saturated rings. The number of benzene rings is 1. The van der Waals surface area contributed by atoms with Gasteiger partial charge < -0.3 is 0 Å². The van der Waals surface area contributed by atoms with Gasteiger partial charge in [-0.1, -0.05) is 17.7 Å². The van der Waals surface area contributed by atoms with Gasteiger partial charge >= 0.3 is 0 Å². The Morgan fingerprint density at radius 1 is 0.842 bits per heavy atom. The molecule has 0 amide bonds. The van der Waals surface area contributed by atoms with Crippen LogP contribution < -0.4 is 0 Å². The van der Waals surface area contributed by atoms with Crippen LogP contribution in [-0.4, -0.2) is 0 Å². The van der Waals surface area contributed by atoms with Crippen LogP contribution >= 0.6 is 0 Å². The molecule has 0 heterocycles. The molecule has 0 unspecified atom stereocenters. The number of aryl methyl sites for hydroxylation is 2. The normalized spacial score (nSPS) is 39.8. The van der Waals surface area contributed by atoms with Crippen LogP contribution in [-0.2, 0) is 5.41 Å². The molecular formula is C19H26. The van der Waals surface area contributed by atoms with Gasteiger partial charge in [-0.25, -0.2) is 0 Å². The zero-order valence-electron chi connectivity index (χ0n) is 12.6. The molecule has 0 spiro atoms. The Labute approximate surface area is 117 Å². The maximum Gasteiger partial charge on any atom is -0.00362 e. The van der Waals surface area contributed by atoms with E-state index in [0.29, 0.717) is 5.41 Å². The third-order valence-electron chi connectivity index (χ3n) is 6.42. The highest BCUT2D eigenvalue weighted by atomic mass is 14.6. The summed E-state index contributed by atoms with van der Waals surface area (Å²) in [6.45, 7) is 6.94. The fourth-order valence-corrected chi connectivity index (χ4v) is 6.03. The van der Waals surface area contributed by atoms with Crippen LogP contribution in [0.1, 0.15) is 60.8 Å². The summed E-state index contributed by atoms with van der Waals surface area (Å²) in [7, 11) is 0. The molecule has 19 heavy (non-hydrogen) atoms. The minimum Gasteiger partial charge on any atom is -0.0561 e. The molecule has 4 bridgehead atoms. The van der Waals surface area contributed by atoms with Gasteiger partial charge in [-0.15, -0.1) is 0 Å². The molecule has 4 aliphatic carbocycles. The molecule has 4 aliphatic rings. The standard InChI is InChI=1S/C19H26/c1-12-4-13(2)14(3)18(5-12)19-9-15-6-16(10-19)8-17(7-15)11-19/h4-5,15-17H,6-11H2,1-3H3. The van der Waals surface area contributed by atoms with E-state index in [1.165, 1.54) is 30.4 Å². The van der Waals surface area contributed by atoms with Gasteiger partial charge in [0.05, 0.1) is 0 Å². The monoisotopic (exact) mass is 254 g/mol. The van der Waals surface area contributed by atoms with Crippen molar-refractivity contribution < 1.29 is 0 Å². The van der Waals surface area contributed by atoms with Crippen molar-refractivity contribution in [2.75, 3.05) is 0 Å². The molecule has 0 aliphatic heterocycles. The predicted octanol–water partition coefficient (Wildman–Crippen LogP) is 5.08. The molecule has 1 aromatic rings. The van der Waals surface area contributed by atoms with Crippen molar-refractivity contribution in [1.29, 1.82) is 0 Å². The van der Waals surface area contributed by atoms with Gasteiger partial charge in [-0.3, -0.25) is 0 Å². The van der Waals surface area contributed by atoms with E-state index in [9.17, 15) is 0 Å². The Morgan fingerprint density at radius 3 is 1.89 bits per heavy atom. The Morgan fingerprint density at radius 2 is 1.37 bits per heavy atom. The Hall–Kier alpha value is -0.780. The molecule has 4 saturated carbocycles. The Balaban J connectivity index is 1.84. The maximum absolute atomic E-state index is 2.52. The molecule has 0 nitrogen and oxygen atoms in total. The minimum atomic E-state index is 0.565. The van der Waals surface area contributed by atoms with Gasteiger partial charge in [0.1, 0.15) is 0 Å². The van der Waals surface area contributed by atoms with Crippen LogP contribution in [0.5, 0.6) is 0 Å². The van der Waals surface area contributed by atoms with E-state index >= 15 is 0 Å². The Kier molecular flexibility index (Phi) is 2.44. The van der Waals surface area contributed by atoms with E-state index in [-0.39, 0.29) is 0 Å². The number of hydrogen-bond acceptors (Lipinski definition) is 0. The first-order chi connectivity index (χ1) is 9.06. The molecule has 0 N–H and O–H groups in total. The summed E-state index contributed by atoms with van der Waals surface area (Å²) in [5.74, 6) is 3.14. The fourth-order valence-electron chi connectivity index (χ4n) is 6.03. The molecule has 0 atom stereocenters. The highest BCUT2D eigenvalue weighted by Gasteiger charge is 2.51. The highest BCUT2D eigenvalue weighted by Crippen LogP contribution is 2.61. The van der Waals surface area contributed by atoms with Gasteiger partial charge in [0, 0.05) is 0 Å². The van der Waals surface area contributed by atoms with Crippen LogP contribution in [0.2, 0.25) is 0 Å². The first kappa shape index (κ1) is 12.0. The summed E-state index contributed by atoms with van der Waals surface area (Å²) < 4.78 is 0. The first-order valence-corrected chi connectivity index (χ1v) is 8.14. The van der Waals surface area contributed by atoms with Crippen LogP contribution in [0.4, 0.5) is 0 Å². The van der Waals surface area contributed by atoms with E-state index in [4.69, 9.17) is 0 Å². The average Bonchev–Trinajstić information content (AvgIpc) is 2.32. The quantitative estimate of drug-likeness (QED) is 0.655. The molecule has 1 aromatic carbocycles. The summed E-state index contributed by atoms with van der Waals surface area (Å²) >= 11 is 0. The zero-order valence-corrected chi connectivity index (χ0v) is 12.6. The van der Waals surface area contributed by atoms with E-state index in [1.807, 2.05) is 0 Å². The molecular weight excluding hydrogens is 228 g/mol. The third kappa shape index (κ3) is 1.72. The van der Waals surface area contributed by atoms with E-state index < -0.39 is 0 Å². The Bertz CT molecular complexity index is 488. The van der Waals surface area contributed by atoms with Crippen molar-refractivity contribution in [3.8, 4) is 0 Å². The van der Waals surface area contributed by atoms with Crippen molar-refractivity contribution in [3.63, 3.8) is 0 Å². The van der Waals surface area contributed by atoms with E-state index in [0.717, 1.165) is 17.8 Å². The van der Waals surface area contributed by atoms with Crippen molar-refractivity contribution in [2.24, 2.45) is 17.8 Å². The smallest absolute Gasteiger partial charge is 0.00362 e. The van der Waals surface area contributed by atoms with Crippen molar-refractivity contribution >= 4 is 0 Å². The summed E-state index contributed by atoms with van der Waals surface area (Å²) in [4.78, 5) is 0. The summed E-state index contributed by atoms with van der Waals surface area (Å²) in [5, 5.41) is 0. The number of hydrogen-bond donors (Lipinski definition) is 0. The van der Waals surface area contributed by atoms with Crippen LogP contribution in [0.15, 0.2) is 12.1 Å². The lowest BCUT2D eigenvalue weighted by atomic mass is 9.47. The van der Waals surface area contributed by atoms with Gasteiger partial charge in [-0.2, -0.15) is 0 Å². The molecule has 5 rings (SSSR count). The summed E-state index contributed by atoms with van der Waals surface area (Å²) in [5.41, 5.74) is 6.85. The van der Waals surface area contributed by atoms with Crippen molar-refractivity contribution in [2.45, 2.75) is 64.7 Å². The fraction of sp³-hybridized carbons (Fsp3) is 0.684. The second-order valence-electron chi connectivity index (χ2n) is 7.95. The van der Waals surface area contributed by atoms with Crippen LogP contribution in [0, 0.1) is 38.5 Å². The van der Waals surface area contributed by atoms with E-state index in [1.54, 1.807) is 30.4 Å². The highest BCUT2D eigenvalue weighted by molar-refractivity contribution is 5.43. The van der Waals surface area contributed by atoms with Crippen LogP contribution in [0.3, 0.4) is 0 Å². The summed E-state index contributed by atoms with van der Waals surface area (Å²) in [6, 6.07) is 4.88. The van der Waals surface area contributed by atoms with Crippen LogP contribution in [0.25, 0.3) is 0 Å². The second kappa shape index (κ2) is 3.87. The summed E-state index contributed by atoms with van der Waals surface area (Å²) in [6.07, 6.45) is 9.10. The molecule has 0 heteroatoms. The van der Waals surface area contributed by atoms with Gasteiger partial charge in [0.2, 0.25) is 0 Å². The lowest BCUT2D eigenvalue weighted by Gasteiger charge is -2.57.